The summed E-state index contributed by atoms with van der Waals surface area (Å²) < 4.78 is 5.16. The average molecular weight is 356 g/mol. The molecular formula is C18H30ClN3O2. The van der Waals surface area contributed by atoms with E-state index >= 15 is 0 Å². The number of carbonyl (C=O) groups excluding carboxylic acids is 1. The zero-order valence-electron chi connectivity index (χ0n) is 14.7. The Bertz CT molecular complexity index is 467. The Kier molecular flexibility index (Phi) is 9.91. The third-order valence-corrected chi connectivity index (χ3v) is 4.63. The van der Waals surface area contributed by atoms with Gasteiger partial charge in [-0.2, -0.15) is 0 Å². The van der Waals surface area contributed by atoms with E-state index in [2.05, 4.69) is 17.2 Å². The van der Waals surface area contributed by atoms with Crippen molar-refractivity contribution in [2.75, 3.05) is 33.4 Å². The number of aromatic nitrogens is 1. The molecule has 0 spiro atoms. The second kappa shape index (κ2) is 11.4. The van der Waals surface area contributed by atoms with Crippen LogP contribution in [-0.2, 0) is 16.1 Å². The molecule has 1 aliphatic rings. The Labute approximate surface area is 151 Å². The molecule has 1 amide bonds. The second-order valence-corrected chi connectivity index (χ2v) is 6.42. The Balaban J connectivity index is 0.00000288. The number of ether oxygens (including phenoxy) is 1. The molecule has 136 valence electrons. The van der Waals surface area contributed by atoms with Gasteiger partial charge in [-0.25, -0.2) is 0 Å². The minimum absolute atomic E-state index is 0. The van der Waals surface area contributed by atoms with Crippen molar-refractivity contribution in [3.63, 3.8) is 0 Å². The molecule has 1 aliphatic heterocycles. The Morgan fingerprint density at radius 1 is 1.50 bits per heavy atom. The van der Waals surface area contributed by atoms with Crippen molar-refractivity contribution in [1.29, 1.82) is 0 Å². The van der Waals surface area contributed by atoms with Crippen molar-refractivity contribution in [3.8, 4) is 0 Å². The zero-order chi connectivity index (χ0) is 16.5. The second-order valence-electron chi connectivity index (χ2n) is 6.42. The lowest BCUT2D eigenvalue weighted by Gasteiger charge is -2.30. The van der Waals surface area contributed by atoms with Crippen LogP contribution < -0.4 is 5.32 Å². The van der Waals surface area contributed by atoms with Crippen molar-refractivity contribution in [2.45, 2.75) is 32.7 Å². The number of hydrogen-bond acceptors (Lipinski definition) is 4. The van der Waals surface area contributed by atoms with E-state index in [-0.39, 0.29) is 18.3 Å². The topological polar surface area (TPSA) is 54.5 Å². The molecule has 0 aromatic carbocycles. The molecule has 1 fully saturated rings. The minimum atomic E-state index is 0. The van der Waals surface area contributed by atoms with E-state index in [1.807, 2.05) is 23.1 Å². The lowest BCUT2D eigenvalue weighted by atomic mass is 9.85. The molecule has 0 aliphatic carbocycles. The molecule has 5 nitrogen and oxygen atoms in total. The van der Waals surface area contributed by atoms with Gasteiger partial charge in [-0.15, -0.1) is 12.4 Å². The van der Waals surface area contributed by atoms with Gasteiger partial charge in [0.1, 0.15) is 0 Å². The summed E-state index contributed by atoms with van der Waals surface area (Å²) in [6.07, 6.45) is 4.80. The van der Waals surface area contributed by atoms with Crippen LogP contribution in [0.15, 0.2) is 24.4 Å². The van der Waals surface area contributed by atoms with Crippen LogP contribution in [0.5, 0.6) is 0 Å². The number of hydrogen-bond donors (Lipinski definition) is 1. The number of rotatable bonds is 8. The summed E-state index contributed by atoms with van der Waals surface area (Å²) in [6, 6.07) is 5.81. The maximum absolute atomic E-state index is 12.7. The van der Waals surface area contributed by atoms with E-state index in [1.54, 1.807) is 13.3 Å². The van der Waals surface area contributed by atoms with Crippen LogP contribution in [0.25, 0.3) is 0 Å². The molecule has 0 radical (unpaired) electrons. The molecule has 2 heterocycles. The zero-order valence-corrected chi connectivity index (χ0v) is 15.6. The maximum Gasteiger partial charge on any atom is 0.223 e. The van der Waals surface area contributed by atoms with Gasteiger partial charge in [0.15, 0.2) is 0 Å². The quantitative estimate of drug-likeness (QED) is 0.778. The normalized spacial score (nSPS) is 18.5. The van der Waals surface area contributed by atoms with Crippen LogP contribution in [-0.4, -0.2) is 49.1 Å². The molecule has 1 saturated heterocycles. The van der Waals surface area contributed by atoms with E-state index in [1.165, 1.54) is 12.8 Å². The van der Waals surface area contributed by atoms with Crippen molar-refractivity contribution >= 4 is 18.3 Å². The molecule has 24 heavy (non-hydrogen) atoms. The summed E-state index contributed by atoms with van der Waals surface area (Å²) in [5, 5.41) is 3.44. The Morgan fingerprint density at radius 3 is 2.96 bits per heavy atom. The molecule has 1 N–H and O–H groups in total. The van der Waals surface area contributed by atoms with Crippen LogP contribution >= 0.6 is 12.4 Å². The van der Waals surface area contributed by atoms with Crippen LogP contribution in [0, 0.1) is 11.8 Å². The number of nitrogens with one attached hydrogen (secondary N) is 1. The molecular weight excluding hydrogens is 326 g/mol. The van der Waals surface area contributed by atoms with Crippen LogP contribution in [0.3, 0.4) is 0 Å². The van der Waals surface area contributed by atoms with Crippen LogP contribution in [0.1, 0.15) is 31.9 Å². The summed E-state index contributed by atoms with van der Waals surface area (Å²) in [6.45, 7) is 6.06. The van der Waals surface area contributed by atoms with Gasteiger partial charge < -0.3 is 15.0 Å². The Hall–Kier alpha value is -1.17. The van der Waals surface area contributed by atoms with E-state index in [0.29, 0.717) is 38.0 Å². The van der Waals surface area contributed by atoms with Gasteiger partial charge in [-0.1, -0.05) is 13.0 Å². The summed E-state index contributed by atoms with van der Waals surface area (Å²) in [5.41, 5.74) is 0.920. The number of methoxy groups -OCH3 is 1. The minimum Gasteiger partial charge on any atom is -0.383 e. The number of nitrogens with zero attached hydrogens (tertiary/aromatic N) is 2. The predicted molar refractivity (Wildman–Crippen MR) is 98.2 cm³/mol. The maximum atomic E-state index is 12.7. The fourth-order valence-electron chi connectivity index (χ4n) is 3.12. The first-order chi connectivity index (χ1) is 11.2. The molecule has 2 rings (SSSR count). The van der Waals surface area contributed by atoms with Gasteiger partial charge >= 0.3 is 0 Å². The lowest BCUT2D eigenvalue weighted by molar-refractivity contribution is -0.133. The highest BCUT2D eigenvalue weighted by Crippen LogP contribution is 2.23. The Morgan fingerprint density at radius 2 is 2.33 bits per heavy atom. The summed E-state index contributed by atoms with van der Waals surface area (Å²) in [5.74, 6) is 1.21. The fourth-order valence-corrected chi connectivity index (χ4v) is 3.12. The average Bonchev–Trinajstić information content (AvgIpc) is 2.60. The first kappa shape index (κ1) is 20.9. The highest BCUT2D eigenvalue weighted by atomic mass is 35.5. The van der Waals surface area contributed by atoms with E-state index in [9.17, 15) is 4.79 Å². The molecule has 6 heteroatoms. The number of piperidine rings is 1. The van der Waals surface area contributed by atoms with Crippen LogP contribution in [0.2, 0.25) is 0 Å². The molecule has 0 saturated carbocycles. The first-order valence-corrected chi connectivity index (χ1v) is 8.58. The van der Waals surface area contributed by atoms with Gasteiger partial charge in [0.2, 0.25) is 5.91 Å². The van der Waals surface area contributed by atoms with Gasteiger partial charge in [0, 0.05) is 26.3 Å². The lowest BCUT2D eigenvalue weighted by Crippen LogP contribution is -2.38. The number of pyridine rings is 1. The van der Waals surface area contributed by atoms with Gasteiger partial charge in [-0.3, -0.25) is 9.78 Å². The van der Waals surface area contributed by atoms with Crippen molar-refractivity contribution in [3.05, 3.63) is 30.1 Å². The van der Waals surface area contributed by atoms with Crippen LogP contribution in [0.4, 0.5) is 0 Å². The fraction of sp³-hybridized carbons (Fsp3) is 0.667. The third-order valence-electron chi connectivity index (χ3n) is 4.63. The van der Waals surface area contributed by atoms with Crippen molar-refractivity contribution in [1.82, 2.24) is 15.2 Å². The summed E-state index contributed by atoms with van der Waals surface area (Å²) in [4.78, 5) is 18.9. The van der Waals surface area contributed by atoms with Crippen molar-refractivity contribution in [2.24, 2.45) is 11.8 Å². The molecule has 1 aromatic heterocycles. The molecule has 0 bridgehead atoms. The largest absolute Gasteiger partial charge is 0.383 e. The third kappa shape index (κ3) is 6.75. The molecule has 2 unspecified atom stereocenters. The molecule has 1 aromatic rings. The monoisotopic (exact) mass is 355 g/mol. The van der Waals surface area contributed by atoms with Gasteiger partial charge in [-0.05, 0) is 49.9 Å². The number of amides is 1. The highest BCUT2D eigenvalue weighted by Gasteiger charge is 2.24. The van der Waals surface area contributed by atoms with E-state index in [4.69, 9.17) is 4.74 Å². The van der Waals surface area contributed by atoms with Crippen molar-refractivity contribution < 1.29 is 9.53 Å². The smallest absolute Gasteiger partial charge is 0.223 e. The first-order valence-electron chi connectivity index (χ1n) is 8.58. The SMILES string of the molecule is COCCN(Cc1ccccn1)C(=O)CC(C)C1CCCNC1.Cl. The number of carbonyl (C=O) groups is 1. The highest BCUT2D eigenvalue weighted by molar-refractivity contribution is 5.85. The van der Waals surface area contributed by atoms with E-state index in [0.717, 1.165) is 18.8 Å². The van der Waals surface area contributed by atoms with E-state index < -0.39 is 0 Å². The standard InChI is InChI=1S/C18H29N3O2.ClH/c1-15(16-6-5-8-19-13-16)12-18(22)21(10-11-23-2)14-17-7-3-4-9-20-17;/h3-4,7,9,15-16,19H,5-6,8,10-14H2,1-2H3;1H. The van der Waals surface area contributed by atoms with Gasteiger partial charge in [0.05, 0.1) is 18.8 Å². The molecule has 2 atom stereocenters. The predicted octanol–water partition coefficient (Wildman–Crippen LogP) is 2.50. The number of halogens is 1. The summed E-state index contributed by atoms with van der Waals surface area (Å²) >= 11 is 0. The van der Waals surface area contributed by atoms with Gasteiger partial charge in [0.25, 0.3) is 0 Å². The summed E-state index contributed by atoms with van der Waals surface area (Å²) in [7, 11) is 1.67.